The summed E-state index contributed by atoms with van der Waals surface area (Å²) in [7, 11) is 0. The maximum atomic E-state index is 13.1. The van der Waals surface area contributed by atoms with Gasteiger partial charge in [-0.3, -0.25) is 9.59 Å². The van der Waals surface area contributed by atoms with E-state index in [1.54, 1.807) is 18.2 Å². The zero-order valence-electron chi connectivity index (χ0n) is 15.6. The molecule has 2 aliphatic rings. The zero-order valence-corrected chi connectivity index (χ0v) is 15.6. The summed E-state index contributed by atoms with van der Waals surface area (Å²) in [5.74, 6) is 0.853. The van der Waals surface area contributed by atoms with Gasteiger partial charge in [-0.05, 0) is 39.8 Å². The van der Waals surface area contributed by atoms with E-state index in [4.69, 9.17) is 15.1 Å². The SMILES string of the molecule is CC1(C)CC(=O)C2=C(C1)Nc1nonc1NC2c1cccc(OCC(N)=O)c1. The molecule has 146 valence electrons. The second-order valence-electron chi connectivity index (χ2n) is 7.82. The first-order valence-corrected chi connectivity index (χ1v) is 8.96. The maximum Gasteiger partial charge on any atom is 0.255 e. The van der Waals surface area contributed by atoms with E-state index in [1.165, 1.54) is 0 Å². The van der Waals surface area contributed by atoms with E-state index in [1.807, 2.05) is 6.07 Å². The van der Waals surface area contributed by atoms with Gasteiger partial charge in [0.25, 0.3) is 5.91 Å². The van der Waals surface area contributed by atoms with Crippen molar-refractivity contribution in [2.24, 2.45) is 11.1 Å². The fourth-order valence-electron chi connectivity index (χ4n) is 3.69. The van der Waals surface area contributed by atoms with Gasteiger partial charge < -0.3 is 21.1 Å². The molecule has 1 aromatic heterocycles. The molecule has 0 saturated heterocycles. The zero-order chi connectivity index (χ0) is 19.9. The van der Waals surface area contributed by atoms with Crippen molar-refractivity contribution in [3.05, 3.63) is 41.1 Å². The molecule has 0 saturated carbocycles. The predicted molar refractivity (Wildman–Crippen MR) is 100 cm³/mol. The number of nitrogens with one attached hydrogen (secondary N) is 2. The molecule has 2 heterocycles. The second kappa shape index (κ2) is 6.66. The number of anilines is 2. The fraction of sp³-hybridized carbons (Fsp3) is 0.368. The largest absolute Gasteiger partial charge is 0.484 e. The smallest absolute Gasteiger partial charge is 0.255 e. The topological polar surface area (TPSA) is 132 Å². The molecule has 1 atom stereocenters. The minimum atomic E-state index is -0.560. The highest BCUT2D eigenvalue weighted by Gasteiger charge is 2.39. The second-order valence-corrected chi connectivity index (χ2v) is 7.82. The van der Waals surface area contributed by atoms with E-state index in [0.29, 0.717) is 35.8 Å². The number of hydrogen-bond acceptors (Lipinski definition) is 8. The van der Waals surface area contributed by atoms with Crippen molar-refractivity contribution in [2.45, 2.75) is 32.7 Å². The van der Waals surface area contributed by atoms with Crippen LogP contribution in [0.1, 0.15) is 38.3 Å². The number of benzene rings is 1. The van der Waals surface area contributed by atoms with E-state index < -0.39 is 11.9 Å². The van der Waals surface area contributed by atoms with Gasteiger partial charge in [0, 0.05) is 17.7 Å². The Morgan fingerprint density at radius 2 is 2.11 bits per heavy atom. The molecule has 4 N–H and O–H groups in total. The van der Waals surface area contributed by atoms with E-state index in [9.17, 15) is 9.59 Å². The lowest BCUT2D eigenvalue weighted by Gasteiger charge is -2.34. The molecule has 28 heavy (non-hydrogen) atoms. The minimum absolute atomic E-state index is 0.0572. The minimum Gasteiger partial charge on any atom is -0.484 e. The van der Waals surface area contributed by atoms with Gasteiger partial charge >= 0.3 is 0 Å². The summed E-state index contributed by atoms with van der Waals surface area (Å²) in [6.07, 6.45) is 1.13. The van der Waals surface area contributed by atoms with Crippen LogP contribution >= 0.6 is 0 Å². The van der Waals surface area contributed by atoms with Gasteiger partial charge in [-0.1, -0.05) is 26.0 Å². The van der Waals surface area contributed by atoms with E-state index in [0.717, 1.165) is 11.3 Å². The summed E-state index contributed by atoms with van der Waals surface area (Å²) in [6.45, 7) is 3.90. The summed E-state index contributed by atoms with van der Waals surface area (Å²) in [6, 6.07) is 6.72. The van der Waals surface area contributed by atoms with Crippen molar-refractivity contribution in [2.75, 3.05) is 17.2 Å². The lowest BCUT2D eigenvalue weighted by Crippen LogP contribution is -2.31. The van der Waals surface area contributed by atoms with Crippen LogP contribution in [0.3, 0.4) is 0 Å². The molecule has 0 spiro atoms. The number of primary amides is 1. The number of ether oxygens (including phenoxy) is 1. The number of amides is 1. The average Bonchev–Trinajstić information content (AvgIpc) is 2.98. The third-order valence-electron chi connectivity index (χ3n) is 4.82. The summed E-state index contributed by atoms with van der Waals surface area (Å²) < 4.78 is 10.3. The van der Waals surface area contributed by atoms with Gasteiger partial charge in [0.15, 0.2) is 12.4 Å². The number of carbonyl (C=O) groups is 2. The quantitative estimate of drug-likeness (QED) is 0.732. The highest BCUT2D eigenvalue weighted by Crippen LogP contribution is 2.44. The molecule has 1 aliphatic carbocycles. The number of carbonyl (C=O) groups excluding carboxylic acids is 2. The Morgan fingerprint density at radius 1 is 1.32 bits per heavy atom. The molecule has 1 aliphatic heterocycles. The van der Waals surface area contributed by atoms with Gasteiger partial charge in [0.05, 0.1) is 6.04 Å². The Labute approximate surface area is 161 Å². The number of rotatable bonds is 4. The first-order chi connectivity index (χ1) is 13.3. The standard InChI is InChI=1S/C19H21N5O4/c1-19(2)7-12-15(13(25)8-19)16(22-18-17(21-12)23-28-24-18)10-4-3-5-11(6-10)27-9-14(20)26/h3-6,16H,7-9H2,1-2H3,(H2,20,26)(H,21,23)(H,22,24). The van der Waals surface area contributed by atoms with Crippen molar-refractivity contribution in [1.29, 1.82) is 0 Å². The summed E-state index contributed by atoms with van der Waals surface area (Å²) in [5, 5.41) is 14.3. The average molecular weight is 383 g/mol. The predicted octanol–water partition coefficient (Wildman–Crippen LogP) is 2.16. The molecule has 0 radical (unpaired) electrons. The Kier molecular flexibility index (Phi) is 4.29. The van der Waals surface area contributed by atoms with Crippen LogP contribution in [-0.4, -0.2) is 28.6 Å². The maximum absolute atomic E-state index is 13.1. The highest BCUT2D eigenvalue weighted by molar-refractivity contribution is 6.00. The number of fused-ring (bicyclic) bond motifs is 1. The summed E-state index contributed by atoms with van der Waals surface area (Å²) in [5.41, 5.74) is 7.23. The first kappa shape index (κ1) is 18.0. The number of allylic oxidation sites excluding steroid dienone is 1. The third-order valence-corrected chi connectivity index (χ3v) is 4.82. The number of Topliss-reactive ketones (excluding diaryl/α,β-unsaturated/α-hetero) is 1. The summed E-state index contributed by atoms with van der Waals surface area (Å²) in [4.78, 5) is 24.1. The van der Waals surface area contributed by atoms with Gasteiger partial charge in [-0.15, -0.1) is 0 Å². The Balaban J connectivity index is 1.77. The Bertz CT molecular complexity index is 978. The van der Waals surface area contributed by atoms with Crippen LogP contribution in [-0.2, 0) is 9.59 Å². The van der Waals surface area contributed by atoms with Crippen molar-refractivity contribution < 1.29 is 19.0 Å². The molecule has 2 aromatic rings. The van der Waals surface area contributed by atoms with Crippen LogP contribution in [0, 0.1) is 5.41 Å². The van der Waals surface area contributed by atoms with Crippen molar-refractivity contribution in [3.63, 3.8) is 0 Å². The van der Waals surface area contributed by atoms with Crippen LogP contribution < -0.4 is 21.1 Å². The number of nitrogens with two attached hydrogens (primary N) is 1. The van der Waals surface area contributed by atoms with Crippen LogP contribution in [0.15, 0.2) is 40.2 Å². The molecule has 9 nitrogen and oxygen atoms in total. The molecule has 4 rings (SSSR count). The van der Waals surface area contributed by atoms with Crippen molar-refractivity contribution >= 4 is 23.3 Å². The molecule has 9 heteroatoms. The Hall–Kier alpha value is -3.36. The van der Waals surface area contributed by atoms with Gasteiger partial charge in [0.1, 0.15) is 5.75 Å². The fourth-order valence-corrected chi connectivity index (χ4v) is 3.69. The Morgan fingerprint density at radius 3 is 2.89 bits per heavy atom. The third kappa shape index (κ3) is 3.42. The van der Waals surface area contributed by atoms with Crippen LogP contribution in [0.5, 0.6) is 5.75 Å². The molecular weight excluding hydrogens is 362 g/mol. The summed E-state index contributed by atoms with van der Waals surface area (Å²) >= 11 is 0. The normalized spacial score (nSPS) is 20.4. The van der Waals surface area contributed by atoms with Crippen LogP contribution in [0.4, 0.5) is 11.6 Å². The molecule has 0 fully saturated rings. The number of nitrogens with zero attached hydrogens (tertiary/aromatic N) is 2. The lowest BCUT2D eigenvalue weighted by atomic mass is 9.73. The van der Waals surface area contributed by atoms with Gasteiger partial charge in [-0.25, -0.2) is 4.63 Å². The van der Waals surface area contributed by atoms with Crippen molar-refractivity contribution in [3.8, 4) is 5.75 Å². The van der Waals surface area contributed by atoms with Crippen molar-refractivity contribution in [1.82, 2.24) is 10.3 Å². The van der Waals surface area contributed by atoms with Crippen LogP contribution in [0.2, 0.25) is 0 Å². The molecule has 1 aromatic carbocycles. The van der Waals surface area contributed by atoms with E-state index >= 15 is 0 Å². The molecular formula is C19H21N5O4. The van der Waals surface area contributed by atoms with Crippen LogP contribution in [0.25, 0.3) is 0 Å². The number of ketones is 1. The van der Waals surface area contributed by atoms with Gasteiger partial charge in [-0.2, -0.15) is 0 Å². The lowest BCUT2D eigenvalue weighted by molar-refractivity contribution is -0.120. The molecule has 1 amide bonds. The monoisotopic (exact) mass is 383 g/mol. The van der Waals surface area contributed by atoms with E-state index in [2.05, 4.69) is 34.8 Å². The first-order valence-electron chi connectivity index (χ1n) is 8.96. The number of hydrogen-bond donors (Lipinski definition) is 3. The highest BCUT2D eigenvalue weighted by atomic mass is 16.6. The number of aromatic nitrogens is 2. The molecule has 0 bridgehead atoms. The van der Waals surface area contributed by atoms with E-state index in [-0.39, 0.29) is 17.8 Å². The molecule has 1 unspecified atom stereocenters. The van der Waals surface area contributed by atoms with Gasteiger partial charge in [0.2, 0.25) is 11.6 Å².